The third-order valence-electron chi connectivity index (χ3n) is 6.13. The van der Waals surface area contributed by atoms with Gasteiger partial charge >= 0.3 is 0 Å². The van der Waals surface area contributed by atoms with E-state index in [-0.39, 0.29) is 23.9 Å². The molecular weight excluding hydrogens is 425 g/mol. The van der Waals surface area contributed by atoms with E-state index in [1.54, 1.807) is 11.4 Å². The first-order valence-electron chi connectivity index (χ1n) is 10.8. The maximum absolute atomic E-state index is 13.8. The Morgan fingerprint density at radius 1 is 1.06 bits per heavy atom. The van der Waals surface area contributed by atoms with Gasteiger partial charge in [0.1, 0.15) is 5.82 Å². The molecule has 1 aliphatic rings. The average molecular weight is 452 g/mol. The van der Waals surface area contributed by atoms with E-state index in [0.717, 1.165) is 25.7 Å². The van der Waals surface area contributed by atoms with Gasteiger partial charge in [0, 0.05) is 18.5 Å². The van der Waals surface area contributed by atoms with Crippen LogP contribution < -0.4 is 5.32 Å². The lowest BCUT2D eigenvalue weighted by Crippen LogP contribution is -2.40. The van der Waals surface area contributed by atoms with Gasteiger partial charge in [-0.15, -0.1) is 11.3 Å². The lowest BCUT2D eigenvalue weighted by molar-refractivity contribution is -0.131. The van der Waals surface area contributed by atoms with E-state index in [4.69, 9.17) is 0 Å². The summed E-state index contributed by atoms with van der Waals surface area (Å²) >= 11 is 1.23. The highest BCUT2D eigenvalue weighted by Gasteiger charge is 2.27. The molecule has 1 aliphatic carbocycles. The van der Waals surface area contributed by atoms with Crippen molar-refractivity contribution in [2.24, 2.45) is 0 Å². The number of likely N-dealkylation sites (N-methyl/N-ethyl adjacent to an activating group) is 1. The number of aromatic nitrogens is 1. The topological polar surface area (TPSA) is 62.3 Å². The van der Waals surface area contributed by atoms with Crippen LogP contribution in [0.15, 0.2) is 60.0 Å². The first-order valence-corrected chi connectivity index (χ1v) is 11.7. The monoisotopic (exact) mass is 451 g/mol. The molecule has 1 aromatic heterocycles. The fourth-order valence-corrected chi connectivity index (χ4v) is 4.97. The van der Waals surface area contributed by atoms with Gasteiger partial charge in [0.15, 0.2) is 5.13 Å². The van der Waals surface area contributed by atoms with Gasteiger partial charge in [0.2, 0.25) is 5.91 Å². The summed E-state index contributed by atoms with van der Waals surface area (Å²) in [6, 6.07) is 16.6. The molecule has 3 aromatic rings. The largest absolute Gasteiger partial charge is 0.342 e. The molecule has 5 nitrogen and oxygen atoms in total. The van der Waals surface area contributed by atoms with E-state index < -0.39 is 11.7 Å². The van der Waals surface area contributed by atoms with Crippen LogP contribution in [0.25, 0.3) is 0 Å². The molecule has 0 aliphatic heterocycles. The third-order valence-corrected chi connectivity index (χ3v) is 6.94. The number of nitrogens with zero attached hydrogens (tertiary/aromatic N) is 2. The van der Waals surface area contributed by atoms with E-state index >= 15 is 0 Å². The molecule has 0 saturated heterocycles. The van der Waals surface area contributed by atoms with Gasteiger partial charge in [0.25, 0.3) is 5.91 Å². The number of amides is 2. The lowest BCUT2D eigenvalue weighted by atomic mass is 9.81. The van der Waals surface area contributed by atoms with Crippen molar-refractivity contribution in [1.82, 2.24) is 9.88 Å². The highest BCUT2D eigenvalue weighted by atomic mass is 32.1. The first kappa shape index (κ1) is 22.1. The molecule has 1 fully saturated rings. The first-order chi connectivity index (χ1) is 15.5. The zero-order chi connectivity index (χ0) is 22.5. The van der Waals surface area contributed by atoms with Crippen LogP contribution in [0.5, 0.6) is 0 Å². The third kappa shape index (κ3) is 5.22. The van der Waals surface area contributed by atoms with E-state index in [1.165, 1.54) is 35.1 Å². The van der Waals surface area contributed by atoms with Crippen LogP contribution in [-0.4, -0.2) is 34.8 Å². The summed E-state index contributed by atoms with van der Waals surface area (Å²) in [5, 5.41) is 4.72. The zero-order valence-electron chi connectivity index (χ0n) is 18.0. The second kappa shape index (κ2) is 10.0. The van der Waals surface area contributed by atoms with Crippen LogP contribution in [0, 0.1) is 5.82 Å². The average Bonchev–Trinajstić information content (AvgIpc) is 3.26. The SMILES string of the molecule is CN(C(=O)Cc1csc(NC(=O)c2ccccc2F)n1)C1CCC(c2ccccc2)CC1. The van der Waals surface area contributed by atoms with Crippen LogP contribution >= 0.6 is 11.3 Å². The van der Waals surface area contributed by atoms with Crippen molar-refractivity contribution in [3.05, 3.63) is 82.6 Å². The number of anilines is 1. The molecule has 32 heavy (non-hydrogen) atoms. The van der Waals surface area contributed by atoms with Crippen LogP contribution in [0.1, 0.15) is 53.2 Å². The maximum atomic E-state index is 13.8. The Morgan fingerprint density at radius 2 is 1.75 bits per heavy atom. The minimum atomic E-state index is -0.583. The molecule has 1 N–H and O–H groups in total. The van der Waals surface area contributed by atoms with Crippen molar-refractivity contribution < 1.29 is 14.0 Å². The zero-order valence-corrected chi connectivity index (χ0v) is 18.8. The highest BCUT2D eigenvalue weighted by Crippen LogP contribution is 2.34. The number of nitrogens with one attached hydrogen (secondary N) is 1. The second-order valence-electron chi connectivity index (χ2n) is 8.18. The van der Waals surface area contributed by atoms with Crippen LogP contribution in [0.4, 0.5) is 9.52 Å². The summed E-state index contributed by atoms with van der Waals surface area (Å²) in [5.41, 5.74) is 1.95. The Bertz CT molecular complexity index is 1080. The van der Waals surface area contributed by atoms with Crippen LogP contribution in [0.3, 0.4) is 0 Å². The summed E-state index contributed by atoms with van der Waals surface area (Å²) in [7, 11) is 1.86. The van der Waals surface area contributed by atoms with Gasteiger partial charge in [-0.05, 0) is 49.3 Å². The molecule has 1 heterocycles. The van der Waals surface area contributed by atoms with Crippen molar-refractivity contribution in [1.29, 1.82) is 0 Å². The van der Waals surface area contributed by atoms with Crippen molar-refractivity contribution in [2.45, 2.75) is 44.1 Å². The van der Waals surface area contributed by atoms with Crippen LogP contribution in [-0.2, 0) is 11.2 Å². The molecule has 166 valence electrons. The molecular formula is C25H26FN3O2S. The summed E-state index contributed by atoms with van der Waals surface area (Å²) < 4.78 is 13.8. The molecule has 2 aromatic carbocycles. The predicted octanol–water partition coefficient (Wildman–Crippen LogP) is 5.26. The van der Waals surface area contributed by atoms with E-state index in [9.17, 15) is 14.0 Å². The summed E-state index contributed by atoms with van der Waals surface area (Å²) in [5.74, 6) is -0.552. The quantitative estimate of drug-likeness (QED) is 0.556. The Morgan fingerprint density at radius 3 is 2.47 bits per heavy atom. The molecule has 0 radical (unpaired) electrons. The fraction of sp³-hybridized carbons (Fsp3) is 0.320. The summed E-state index contributed by atoms with van der Waals surface area (Å²) in [4.78, 5) is 31.3. The number of hydrogen-bond donors (Lipinski definition) is 1. The van der Waals surface area contributed by atoms with E-state index in [0.29, 0.717) is 16.7 Å². The molecule has 0 unspecified atom stereocenters. The smallest absolute Gasteiger partial charge is 0.260 e. The summed E-state index contributed by atoms with van der Waals surface area (Å²) in [6.45, 7) is 0. The van der Waals surface area contributed by atoms with Crippen molar-refractivity contribution in [2.75, 3.05) is 12.4 Å². The fourth-order valence-electron chi connectivity index (χ4n) is 4.26. The molecule has 1 saturated carbocycles. The Hall–Kier alpha value is -3.06. The summed E-state index contributed by atoms with van der Waals surface area (Å²) in [6.07, 6.45) is 4.32. The molecule has 2 amide bonds. The number of hydrogen-bond acceptors (Lipinski definition) is 4. The number of thiazole rings is 1. The Kier molecular flexibility index (Phi) is 6.95. The number of carbonyl (C=O) groups excluding carboxylic acids is 2. The maximum Gasteiger partial charge on any atom is 0.260 e. The van der Waals surface area contributed by atoms with Crippen LogP contribution in [0.2, 0.25) is 0 Å². The highest BCUT2D eigenvalue weighted by molar-refractivity contribution is 7.14. The molecule has 7 heteroatoms. The van der Waals surface area contributed by atoms with Gasteiger partial charge < -0.3 is 4.90 Å². The number of halogens is 1. The van der Waals surface area contributed by atoms with Gasteiger partial charge in [-0.2, -0.15) is 0 Å². The normalized spacial score (nSPS) is 18.2. The second-order valence-corrected chi connectivity index (χ2v) is 9.03. The van der Waals surface area contributed by atoms with Crippen molar-refractivity contribution in [3.8, 4) is 0 Å². The molecule has 0 atom stereocenters. The van der Waals surface area contributed by atoms with Gasteiger partial charge in [-0.25, -0.2) is 9.37 Å². The van der Waals surface area contributed by atoms with Gasteiger partial charge in [-0.1, -0.05) is 42.5 Å². The molecule has 0 bridgehead atoms. The molecule has 0 spiro atoms. The van der Waals surface area contributed by atoms with Crippen molar-refractivity contribution >= 4 is 28.3 Å². The molecule has 4 rings (SSSR count). The van der Waals surface area contributed by atoms with Gasteiger partial charge in [-0.3, -0.25) is 14.9 Å². The standard InChI is InChI=1S/C25H26FN3O2S/c1-29(20-13-11-18(12-14-20)17-7-3-2-4-8-17)23(30)15-19-16-32-25(27-19)28-24(31)21-9-5-6-10-22(21)26/h2-10,16,18,20H,11-15H2,1H3,(H,27,28,31). The van der Waals surface area contributed by atoms with E-state index in [1.807, 2.05) is 18.0 Å². The number of carbonyl (C=O) groups is 2. The van der Waals surface area contributed by atoms with Crippen molar-refractivity contribution in [3.63, 3.8) is 0 Å². The number of rotatable bonds is 6. The Balaban J connectivity index is 1.29. The predicted molar refractivity (Wildman–Crippen MR) is 124 cm³/mol. The van der Waals surface area contributed by atoms with E-state index in [2.05, 4.69) is 34.6 Å². The van der Waals surface area contributed by atoms with Gasteiger partial charge in [0.05, 0.1) is 17.7 Å². The lowest BCUT2D eigenvalue weighted by Gasteiger charge is -2.35. The Labute approximate surface area is 191 Å². The number of benzene rings is 2. The minimum Gasteiger partial charge on any atom is -0.342 e. The minimum absolute atomic E-state index is 0.0189.